The highest BCUT2D eigenvalue weighted by Crippen LogP contribution is 2.19. The van der Waals surface area contributed by atoms with Gasteiger partial charge in [0.05, 0.1) is 0 Å². The van der Waals surface area contributed by atoms with Crippen molar-refractivity contribution in [1.29, 1.82) is 0 Å². The Kier molecular flexibility index (Phi) is 5.96. The third-order valence-corrected chi connectivity index (χ3v) is 4.65. The van der Waals surface area contributed by atoms with Crippen molar-refractivity contribution in [2.24, 2.45) is 0 Å². The van der Waals surface area contributed by atoms with Gasteiger partial charge in [-0.3, -0.25) is 4.79 Å². The number of aryl methyl sites for hydroxylation is 1. The van der Waals surface area contributed by atoms with E-state index in [1.54, 1.807) is 0 Å². The van der Waals surface area contributed by atoms with Gasteiger partial charge in [0.25, 0.3) is 0 Å². The van der Waals surface area contributed by atoms with Crippen LogP contribution < -0.4 is 15.5 Å². The van der Waals surface area contributed by atoms with Crippen LogP contribution in [0.25, 0.3) is 0 Å². The summed E-state index contributed by atoms with van der Waals surface area (Å²) in [4.78, 5) is 27.6. The maximum Gasteiger partial charge on any atom is 0.317 e. The molecule has 0 aliphatic carbocycles. The van der Waals surface area contributed by atoms with E-state index in [0.29, 0.717) is 19.6 Å². The minimum atomic E-state index is -0.0759. The van der Waals surface area contributed by atoms with Crippen molar-refractivity contribution >= 4 is 23.3 Å². The second-order valence-electron chi connectivity index (χ2n) is 6.85. The Bertz CT molecular complexity index is 796. The highest BCUT2D eigenvalue weighted by atomic mass is 16.2. The highest BCUT2D eigenvalue weighted by molar-refractivity contribution is 5.88. The van der Waals surface area contributed by atoms with E-state index in [-0.39, 0.29) is 11.9 Å². The van der Waals surface area contributed by atoms with Gasteiger partial charge in [-0.25, -0.2) is 4.79 Å². The van der Waals surface area contributed by atoms with Crippen molar-refractivity contribution in [3.8, 4) is 0 Å². The molecular weight excluding hydrogens is 340 g/mol. The number of nitrogens with one attached hydrogen (secondary N) is 2. The van der Waals surface area contributed by atoms with Crippen LogP contribution in [0.4, 0.5) is 16.2 Å². The molecule has 1 aliphatic heterocycles. The molecular formula is C21H26N4O2. The molecule has 6 heteroatoms. The molecule has 1 heterocycles. The van der Waals surface area contributed by atoms with Crippen LogP contribution in [-0.2, 0) is 11.3 Å². The molecule has 27 heavy (non-hydrogen) atoms. The minimum Gasteiger partial charge on any atom is -0.368 e. The van der Waals surface area contributed by atoms with Gasteiger partial charge in [-0.05, 0) is 36.8 Å². The number of benzene rings is 2. The van der Waals surface area contributed by atoms with Gasteiger partial charge in [0.2, 0.25) is 5.91 Å². The molecule has 0 aromatic heterocycles. The number of hydrogen-bond donors (Lipinski definition) is 2. The number of anilines is 2. The van der Waals surface area contributed by atoms with Gasteiger partial charge < -0.3 is 20.4 Å². The zero-order chi connectivity index (χ0) is 19.2. The summed E-state index contributed by atoms with van der Waals surface area (Å²) >= 11 is 0. The molecule has 6 nitrogen and oxygen atoms in total. The van der Waals surface area contributed by atoms with Crippen LogP contribution >= 0.6 is 0 Å². The first-order valence-corrected chi connectivity index (χ1v) is 9.22. The van der Waals surface area contributed by atoms with E-state index >= 15 is 0 Å². The maximum absolute atomic E-state index is 12.4. The van der Waals surface area contributed by atoms with E-state index in [2.05, 4.69) is 21.6 Å². The smallest absolute Gasteiger partial charge is 0.317 e. The molecule has 3 amide bonds. The molecule has 2 aromatic carbocycles. The average Bonchev–Trinajstić information content (AvgIpc) is 2.66. The van der Waals surface area contributed by atoms with Gasteiger partial charge >= 0.3 is 6.03 Å². The standard InChI is InChI=1S/C21H26N4O2/c1-16-4-3-5-18(14-16)15-22-21(27)25-12-10-24(11-13-25)20-8-6-19(7-9-20)23-17(2)26/h3-9,14H,10-13,15H2,1-2H3,(H,22,27)(H,23,26). The van der Waals surface area contributed by atoms with Crippen LogP contribution in [0.3, 0.4) is 0 Å². The summed E-state index contributed by atoms with van der Waals surface area (Å²) in [6.07, 6.45) is 0. The quantitative estimate of drug-likeness (QED) is 0.874. The Balaban J connectivity index is 1.48. The normalized spacial score (nSPS) is 14.0. The number of hydrogen-bond acceptors (Lipinski definition) is 3. The molecule has 2 N–H and O–H groups in total. The first-order valence-electron chi connectivity index (χ1n) is 9.22. The summed E-state index contributed by atoms with van der Waals surface area (Å²) in [7, 11) is 0. The fourth-order valence-corrected chi connectivity index (χ4v) is 3.24. The lowest BCUT2D eigenvalue weighted by atomic mass is 10.1. The number of piperazine rings is 1. The SMILES string of the molecule is CC(=O)Nc1ccc(N2CCN(C(=O)NCc3cccc(C)c3)CC2)cc1. The van der Waals surface area contributed by atoms with Crippen molar-refractivity contribution in [2.75, 3.05) is 36.4 Å². The summed E-state index contributed by atoms with van der Waals surface area (Å²) < 4.78 is 0. The fraction of sp³-hybridized carbons (Fsp3) is 0.333. The molecule has 1 aliphatic rings. The summed E-state index contributed by atoms with van der Waals surface area (Å²) in [6.45, 7) is 7.05. The summed E-state index contributed by atoms with van der Waals surface area (Å²) in [5, 5.41) is 5.77. The predicted octanol–water partition coefficient (Wildman–Crippen LogP) is 2.99. The van der Waals surface area contributed by atoms with Crippen LogP contribution in [0.1, 0.15) is 18.1 Å². The minimum absolute atomic E-state index is 0.0165. The van der Waals surface area contributed by atoms with E-state index in [0.717, 1.165) is 30.0 Å². The number of amides is 3. The Morgan fingerprint density at radius 3 is 2.33 bits per heavy atom. The zero-order valence-electron chi connectivity index (χ0n) is 15.9. The molecule has 0 atom stereocenters. The van der Waals surface area contributed by atoms with E-state index in [1.807, 2.05) is 54.3 Å². The molecule has 0 spiro atoms. The van der Waals surface area contributed by atoms with Crippen molar-refractivity contribution in [3.05, 3.63) is 59.7 Å². The van der Waals surface area contributed by atoms with Crippen molar-refractivity contribution in [2.45, 2.75) is 20.4 Å². The fourth-order valence-electron chi connectivity index (χ4n) is 3.24. The van der Waals surface area contributed by atoms with Crippen molar-refractivity contribution in [3.63, 3.8) is 0 Å². The van der Waals surface area contributed by atoms with Crippen LogP contribution in [0.15, 0.2) is 48.5 Å². The van der Waals surface area contributed by atoms with Gasteiger partial charge in [-0.2, -0.15) is 0 Å². The first-order chi connectivity index (χ1) is 13.0. The predicted molar refractivity (Wildman–Crippen MR) is 108 cm³/mol. The highest BCUT2D eigenvalue weighted by Gasteiger charge is 2.21. The van der Waals surface area contributed by atoms with Gasteiger partial charge in [0, 0.05) is 51.0 Å². The van der Waals surface area contributed by atoms with Gasteiger partial charge in [-0.1, -0.05) is 29.8 Å². The number of rotatable bonds is 4. The Labute approximate surface area is 160 Å². The summed E-state index contributed by atoms with van der Waals surface area (Å²) in [6, 6.07) is 15.9. The number of nitrogens with zero attached hydrogens (tertiary/aromatic N) is 2. The summed E-state index contributed by atoms with van der Waals surface area (Å²) in [5.41, 5.74) is 4.20. The lowest BCUT2D eigenvalue weighted by molar-refractivity contribution is -0.114. The van der Waals surface area contributed by atoms with E-state index in [1.165, 1.54) is 12.5 Å². The number of urea groups is 1. The van der Waals surface area contributed by atoms with Crippen LogP contribution in [0.2, 0.25) is 0 Å². The molecule has 142 valence electrons. The lowest BCUT2D eigenvalue weighted by Crippen LogP contribution is -2.51. The topological polar surface area (TPSA) is 64.7 Å². The average molecular weight is 366 g/mol. The Hall–Kier alpha value is -3.02. The molecule has 0 radical (unpaired) electrons. The van der Waals surface area contributed by atoms with E-state index < -0.39 is 0 Å². The zero-order valence-corrected chi connectivity index (χ0v) is 15.9. The number of carbonyl (C=O) groups is 2. The molecule has 0 saturated carbocycles. The van der Waals surface area contributed by atoms with Gasteiger partial charge in [0.1, 0.15) is 0 Å². The molecule has 0 bridgehead atoms. The van der Waals surface area contributed by atoms with Gasteiger partial charge in [0.15, 0.2) is 0 Å². The van der Waals surface area contributed by atoms with Crippen molar-refractivity contribution < 1.29 is 9.59 Å². The van der Waals surface area contributed by atoms with Crippen LogP contribution in [0.5, 0.6) is 0 Å². The molecule has 0 unspecified atom stereocenters. The molecule has 1 saturated heterocycles. The Morgan fingerprint density at radius 1 is 1.00 bits per heavy atom. The molecule has 1 fully saturated rings. The largest absolute Gasteiger partial charge is 0.368 e. The maximum atomic E-state index is 12.4. The van der Waals surface area contributed by atoms with Crippen LogP contribution in [-0.4, -0.2) is 43.0 Å². The third kappa shape index (κ3) is 5.23. The molecule has 3 rings (SSSR count). The second-order valence-corrected chi connectivity index (χ2v) is 6.85. The van der Waals surface area contributed by atoms with Gasteiger partial charge in [-0.15, -0.1) is 0 Å². The number of carbonyl (C=O) groups excluding carboxylic acids is 2. The second kappa shape index (κ2) is 8.58. The van der Waals surface area contributed by atoms with Crippen molar-refractivity contribution in [1.82, 2.24) is 10.2 Å². The Morgan fingerprint density at radius 2 is 1.70 bits per heavy atom. The van der Waals surface area contributed by atoms with E-state index in [9.17, 15) is 9.59 Å². The lowest BCUT2D eigenvalue weighted by Gasteiger charge is -2.36. The molecule has 2 aromatic rings. The van der Waals surface area contributed by atoms with Crippen LogP contribution in [0, 0.1) is 6.92 Å². The first kappa shape index (κ1) is 18.8. The third-order valence-electron chi connectivity index (χ3n) is 4.65. The monoisotopic (exact) mass is 366 g/mol. The summed E-state index contributed by atoms with van der Waals surface area (Å²) in [5.74, 6) is -0.0759. The van der Waals surface area contributed by atoms with E-state index in [4.69, 9.17) is 0 Å².